The molecule has 3 rings (SSSR count). The number of anilines is 1. The molecule has 0 saturated heterocycles. The Morgan fingerprint density at radius 2 is 1.77 bits per heavy atom. The van der Waals surface area contributed by atoms with Crippen molar-refractivity contribution in [3.05, 3.63) is 99.0 Å². The molecule has 154 valence electrons. The number of halogens is 2. The van der Waals surface area contributed by atoms with Gasteiger partial charge in [0.2, 0.25) is 5.91 Å². The second kappa shape index (κ2) is 10.4. The van der Waals surface area contributed by atoms with Crippen LogP contribution in [0.2, 0.25) is 5.02 Å². The Labute approximate surface area is 187 Å². The minimum Gasteiger partial charge on any atom is -0.322 e. The van der Waals surface area contributed by atoms with E-state index >= 15 is 0 Å². The van der Waals surface area contributed by atoms with E-state index < -0.39 is 0 Å². The maximum absolute atomic E-state index is 12.8. The minimum atomic E-state index is -0.365. The van der Waals surface area contributed by atoms with Crippen molar-refractivity contribution < 1.29 is 9.59 Å². The van der Waals surface area contributed by atoms with Crippen molar-refractivity contribution in [1.82, 2.24) is 10.7 Å². The van der Waals surface area contributed by atoms with E-state index in [0.29, 0.717) is 16.3 Å². The zero-order valence-corrected chi connectivity index (χ0v) is 18.2. The third-order valence-corrected chi connectivity index (χ3v) is 5.15. The summed E-state index contributed by atoms with van der Waals surface area (Å²) in [6.45, 7) is 0.00422. The van der Waals surface area contributed by atoms with Crippen LogP contribution in [-0.4, -0.2) is 18.4 Å². The molecule has 0 aliphatic carbocycles. The van der Waals surface area contributed by atoms with E-state index in [0.717, 1.165) is 15.6 Å². The maximum atomic E-state index is 12.8. The van der Waals surface area contributed by atoms with Gasteiger partial charge in [0.15, 0.2) is 0 Å². The Kier molecular flexibility index (Phi) is 7.59. The van der Waals surface area contributed by atoms with Gasteiger partial charge in [-0.05, 0) is 47.5 Å². The molecule has 0 heterocycles. The van der Waals surface area contributed by atoms with E-state index in [4.69, 9.17) is 17.4 Å². The monoisotopic (exact) mass is 486 g/mol. The van der Waals surface area contributed by atoms with E-state index in [1.165, 1.54) is 0 Å². The van der Waals surface area contributed by atoms with Gasteiger partial charge in [-0.2, -0.15) is 0 Å². The molecule has 0 radical (unpaired) electrons. The number of nitrogens with two attached hydrogens (primary N) is 1. The molecular weight excluding hydrogens is 468 g/mol. The first-order chi connectivity index (χ1) is 14.5. The van der Waals surface area contributed by atoms with Gasteiger partial charge >= 0.3 is 0 Å². The van der Waals surface area contributed by atoms with Crippen LogP contribution >= 0.6 is 27.5 Å². The number of hydrogen-bond acceptors (Lipinski definition) is 4. The lowest BCUT2D eigenvalue weighted by Crippen LogP contribution is -2.39. The molecule has 5 N–H and O–H groups in total. The lowest BCUT2D eigenvalue weighted by atomic mass is 9.96. The highest BCUT2D eigenvalue weighted by atomic mass is 79.9. The molecule has 0 aromatic heterocycles. The summed E-state index contributed by atoms with van der Waals surface area (Å²) in [5.74, 6) is 4.58. The van der Waals surface area contributed by atoms with Crippen LogP contribution in [0.15, 0.2) is 77.3 Å². The molecule has 0 unspecified atom stereocenters. The van der Waals surface area contributed by atoms with E-state index in [2.05, 4.69) is 32.0 Å². The summed E-state index contributed by atoms with van der Waals surface area (Å²) < 4.78 is 0.837. The molecule has 0 aliphatic rings. The molecule has 0 fully saturated rings. The topological polar surface area (TPSA) is 96.2 Å². The fourth-order valence-corrected chi connectivity index (χ4v) is 3.58. The maximum Gasteiger partial charge on any atom is 0.255 e. The zero-order valence-electron chi connectivity index (χ0n) is 15.9. The number of amides is 2. The van der Waals surface area contributed by atoms with Crippen LogP contribution in [0.4, 0.5) is 5.69 Å². The van der Waals surface area contributed by atoms with Crippen LogP contribution in [0.25, 0.3) is 0 Å². The summed E-state index contributed by atoms with van der Waals surface area (Å²) in [4.78, 5) is 24.5. The molecule has 1 atom stereocenters. The van der Waals surface area contributed by atoms with Gasteiger partial charge in [0.1, 0.15) is 0 Å². The fraction of sp³-hybridized carbons (Fsp3) is 0.0909. The van der Waals surface area contributed by atoms with Crippen molar-refractivity contribution in [3.8, 4) is 0 Å². The van der Waals surface area contributed by atoms with E-state index in [-0.39, 0.29) is 24.4 Å². The first-order valence-corrected chi connectivity index (χ1v) is 10.3. The molecule has 30 heavy (non-hydrogen) atoms. The van der Waals surface area contributed by atoms with Crippen molar-refractivity contribution in [2.45, 2.75) is 6.04 Å². The van der Waals surface area contributed by atoms with Crippen LogP contribution in [0.3, 0.4) is 0 Å². The smallest absolute Gasteiger partial charge is 0.255 e. The predicted molar refractivity (Wildman–Crippen MR) is 122 cm³/mol. The fourth-order valence-electron chi connectivity index (χ4n) is 3.01. The number of rotatable bonds is 7. The largest absolute Gasteiger partial charge is 0.322 e. The standard InChI is InChI=1S/C22H20BrClN4O2/c23-16-9-10-19(27-22(30)15-7-4-8-17(24)11-15)18(12-16)21(26-13-20(29)28-25)14-5-2-1-3-6-14/h1-12,21,26H,13,25H2,(H,27,30)(H,28,29)/t21-/m0/s1. The summed E-state index contributed by atoms with van der Waals surface area (Å²) in [6, 6.07) is 21.5. The lowest BCUT2D eigenvalue weighted by Gasteiger charge is -2.23. The summed E-state index contributed by atoms with van der Waals surface area (Å²) >= 11 is 9.51. The molecule has 2 amide bonds. The van der Waals surface area contributed by atoms with Gasteiger partial charge in [0.25, 0.3) is 5.91 Å². The van der Waals surface area contributed by atoms with Gasteiger partial charge in [-0.15, -0.1) is 0 Å². The third kappa shape index (κ3) is 5.67. The normalized spacial score (nSPS) is 11.6. The van der Waals surface area contributed by atoms with Gasteiger partial charge in [0.05, 0.1) is 12.6 Å². The van der Waals surface area contributed by atoms with Gasteiger partial charge in [0, 0.05) is 20.7 Å². The minimum absolute atomic E-state index is 0.00422. The van der Waals surface area contributed by atoms with Crippen molar-refractivity contribution in [2.75, 3.05) is 11.9 Å². The number of hydrazine groups is 1. The molecule has 8 heteroatoms. The van der Waals surface area contributed by atoms with Crippen molar-refractivity contribution in [1.29, 1.82) is 0 Å². The Balaban J connectivity index is 1.97. The molecule has 6 nitrogen and oxygen atoms in total. The Morgan fingerprint density at radius 3 is 2.47 bits per heavy atom. The van der Waals surface area contributed by atoms with Gasteiger partial charge in [-0.1, -0.05) is 63.9 Å². The second-order valence-corrected chi connectivity index (χ2v) is 7.84. The van der Waals surface area contributed by atoms with Crippen LogP contribution in [-0.2, 0) is 4.79 Å². The average Bonchev–Trinajstić information content (AvgIpc) is 2.76. The van der Waals surface area contributed by atoms with Crippen molar-refractivity contribution in [2.24, 2.45) is 5.84 Å². The highest BCUT2D eigenvalue weighted by Crippen LogP contribution is 2.31. The van der Waals surface area contributed by atoms with Gasteiger partial charge in [-0.3, -0.25) is 20.3 Å². The molecular formula is C22H20BrClN4O2. The van der Waals surface area contributed by atoms with E-state index in [1.54, 1.807) is 24.3 Å². The molecule has 0 aliphatic heterocycles. The molecule has 0 bridgehead atoms. The van der Waals surface area contributed by atoms with Gasteiger partial charge < -0.3 is 5.32 Å². The summed E-state index contributed by atoms with van der Waals surface area (Å²) in [6.07, 6.45) is 0. The van der Waals surface area contributed by atoms with Crippen LogP contribution < -0.4 is 21.9 Å². The van der Waals surface area contributed by atoms with Crippen LogP contribution in [0.1, 0.15) is 27.5 Å². The number of nitrogens with one attached hydrogen (secondary N) is 3. The number of carbonyl (C=O) groups excluding carboxylic acids is 2. The number of hydrogen-bond donors (Lipinski definition) is 4. The molecule has 0 spiro atoms. The van der Waals surface area contributed by atoms with Gasteiger partial charge in [-0.25, -0.2) is 5.84 Å². The molecule has 0 saturated carbocycles. The van der Waals surface area contributed by atoms with Crippen LogP contribution in [0.5, 0.6) is 0 Å². The Morgan fingerprint density at radius 1 is 1.00 bits per heavy atom. The first-order valence-electron chi connectivity index (χ1n) is 9.12. The highest BCUT2D eigenvalue weighted by molar-refractivity contribution is 9.10. The van der Waals surface area contributed by atoms with Crippen molar-refractivity contribution in [3.63, 3.8) is 0 Å². The number of benzene rings is 3. The van der Waals surface area contributed by atoms with E-state index in [9.17, 15) is 9.59 Å². The zero-order chi connectivity index (χ0) is 21.5. The Hall–Kier alpha value is -2.71. The van der Waals surface area contributed by atoms with E-state index in [1.807, 2.05) is 48.5 Å². The summed E-state index contributed by atoms with van der Waals surface area (Å²) in [5.41, 5.74) is 4.89. The van der Waals surface area contributed by atoms with Crippen molar-refractivity contribution >= 4 is 45.0 Å². The van der Waals surface area contributed by atoms with Crippen LogP contribution in [0, 0.1) is 0 Å². The third-order valence-electron chi connectivity index (χ3n) is 4.42. The predicted octanol–water partition coefficient (Wildman–Crippen LogP) is 4.02. The average molecular weight is 488 g/mol. The SMILES string of the molecule is NNC(=O)CN[C@@H](c1ccccc1)c1cc(Br)ccc1NC(=O)c1cccc(Cl)c1. The summed E-state index contributed by atoms with van der Waals surface area (Å²) in [5, 5.41) is 6.64. The molecule has 3 aromatic rings. The summed E-state index contributed by atoms with van der Waals surface area (Å²) in [7, 11) is 0. The Bertz CT molecular complexity index is 1050. The second-order valence-electron chi connectivity index (χ2n) is 6.49. The number of carbonyl (C=O) groups is 2. The first kappa shape index (κ1) is 22.0. The highest BCUT2D eigenvalue weighted by Gasteiger charge is 2.20. The quantitative estimate of drug-likeness (QED) is 0.230. The molecule has 3 aromatic carbocycles. The lowest BCUT2D eigenvalue weighted by molar-refractivity contribution is -0.120.